The van der Waals surface area contributed by atoms with Crippen LogP contribution in [-0.4, -0.2) is 5.91 Å². The Hall–Kier alpha value is -2.19. The average Bonchev–Trinajstić information content (AvgIpc) is 2.48. The molecule has 0 aliphatic rings. The molecule has 0 heterocycles. The number of rotatable bonds is 3. The van der Waals surface area contributed by atoms with Gasteiger partial charge in [-0.15, -0.1) is 0 Å². The fourth-order valence-electron chi connectivity index (χ4n) is 1.88. The van der Waals surface area contributed by atoms with Crippen LogP contribution in [0.4, 0.5) is 4.39 Å². The van der Waals surface area contributed by atoms with Crippen molar-refractivity contribution in [2.75, 3.05) is 0 Å². The minimum Gasteiger partial charge on any atom is -0.348 e. The number of halogens is 2. The van der Waals surface area contributed by atoms with Crippen LogP contribution in [0.3, 0.4) is 0 Å². The second kappa shape index (κ2) is 6.51. The van der Waals surface area contributed by atoms with Crippen molar-refractivity contribution in [3.63, 3.8) is 0 Å². The maximum atomic E-state index is 13.7. The molecule has 0 fully saturated rings. The first-order valence-electron chi connectivity index (χ1n) is 6.24. The van der Waals surface area contributed by atoms with Crippen LogP contribution in [0.25, 0.3) is 0 Å². The standard InChI is InChI=1S/C16H12BrFN2O/c1-10-13(3-2-4-14(10)17)16(21)20-9-12-6-5-11(8-19)7-15(12)18/h2-7H,9H2,1H3,(H,20,21). The van der Waals surface area contributed by atoms with Gasteiger partial charge >= 0.3 is 0 Å². The Morgan fingerprint density at radius 2 is 2.14 bits per heavy atom. The predicted octanol–water partition coefficient (Wildman–Crippen LogP) is 3.70. The van der Waals surface area contributed by atoms with E-state index < -0.39 is 5.82 Å². The third-order valence-electron chi connectivity index (χ3n) is 3.13. The second-order valence-electron chi connectivity index (χ2n) is 4.51. The van der Waals surface area contributed by atoms with Gasteiger partial charge < -0.3 is 5.32 Å². The van der Waals surface area contributed by atoms with Gasteiger partial charge in [0.1, 0.15) is 5.82 Å². The van der Waals surface area contributed by atoms with Gasteiger partial charge in [0, 0.05) is 22.1 Å². The summed E-state index contributed by atoms with van der Waals surface area (Å²) in [6, 6.07) is 11.4. The molecule has 106 valence electrons. The van der Waals surface area contributed by atoms with Crippen LogP contribution in [0.1, 0.15) is 27.0 Å². The number of amides is 1. The van der Waals surface area contributed by atoms with E-state index in [0.29, 0.717) is 11.1 Å². The molecule has 2 aromatic carbocycles. The van der Waals surface area contributed by atoms with Gasteiger partial charge in [-0.1, -0.05) is 28.1 Å². The quantitative estimate of drug-likeness (QED) is 0.921. The van der Waals surface area contributed by atoms with Gasteiger partial charge in [-0.25, -0.2) is 4.39 Å². The molecule has 1 amide bonds. The molecule has 2 aromatic rings. The number of nitriles is 1. The van der Waals surface area contributed by atoms with Crippen LogP contribution in [0, 0.1) is 24.1 Å². The molecule has 2 rings (SSSR count). The van der Waals surface area contributed by atoms with Gasteiger partial charge in [0.05, 0.1) is 11.6 Å². The van der Waals surface area contributed by atoms with Crippen molar-refractivity contribution in [1.29, 1.82) is 5.26 Å². The molecule has 0 bridgehead atoms. The van der Waals surface area contributed by atoms with Crippen molar-refractivity contribution in [2.24, 2.45) is 0 Å². The molecule has 0 unspecified atom stereocenters. The van der Waals surface area contributed by atoms with Gasteiger partial charge in [-0.05, 0) is 36.8 Å². The molecule has 0 radical (unpaired) electrons. The van der Waals surface area contributed by atoms with Gasteiger partial charge in [0.25, 0.3) is 5.91 Å². The van der Waals surface area contributed by atoms with Gasteiger partial charge in [0.15, 0.2) is 0 Å². The first-order valence-corrected chi connectivity index (χ1v) is 7.04. The molecule has 3 nitrogen and oxygen atoms in total. The molecule has 0 aliphatic heterocycles. The Bertz CT molecular complexity index is 738. The normalized spacial score (nSPS) is 10.0. The Morgan fingerprint density at radius 1 is 1.38 bits per heavy atom. The van der Waals surface area contributed by atoms with Gasteiger partial charge in [0.2, 0.25) is 0 Å². The minimum absolute atomic E-state index is 0.0718. The van der Waals surface area contributed by atoms with Crippen molar-refractivity contribution in [3.8, 4) is 6.07 Å². The van der Waals surface area contributed by atoms with Gasteiger partial charge in [-0.2, -0.15) is 5.26 Å². The van der Waals surface area contributed by atoms with E-state index in [4.69, 9.17) is 5.26 Å². The topological polar surface area (TPSA) is 52.9 Å². The number of nitrogens with zero attached hydrogens (tertiary/aromatic N) is 1. The summed E-state index contributed by atoms with van der Waals surface area (Å²) < 4.78 is 14.6. The van der Waals surface area contributed by atoms with E-state index in [1.165, 1.54) is 12.1 Å². The number of nitrogens with one attached hydrogen (secondary N) is 1. The van der Waals surface area contributed by atoms with Crippen LogP contribution in [0.5, 0.6) is 0 Å². The zero-order chi connectivity index (χ0) is 15.4. The number of carbonyl (C=O) groups is 1. The first kappa shape index (κ1) is 15.2. The summed E-state index contributed by atoms with van der Waals surface area (Å²) >= 11 is 3.37. The number of carbonyl (C=O) groups excluding carboxylic acids is 1. The molecule has 0 aliphatic carbocycles. The molecule has 0 saturated carbocycles. The van der Waals surface area contributed by atoms with Crippen LogP contribution >= 0.6 is 15.9 Å². The Kier molecular flexibility index (Phi) is 4.71. The molecular formula is C16H12BrFN2O. The van der Waals surface area contributed by atoms with Crippen molar-refractivity contribution >= 4 is 21.8 Å². The minimum atomic E-state index is -0.500. The number of hydrogen-bond donors (Lipinski definition) is 1. The third-order valence-corrected chi connectivity index (χ3v) is 3.99. The van der Waals surface area contributed by atoms with Crippen molar-refractivity contribution < 1.29 is 9.18 Å². The fourth-order valence-corrected chi connectivity index (χ4v) is 2.25. The highest BCUT2D eigenvalue weighted by atomic mass is 79.9. The van der Waals surface area contributed by atoms with E-state index in [1.54, 1.807) is 12.1 Å². The zero-order valence-corrected chi connectivity index (χ0v) is 12.9. The summed E-state index contributed by atoms with van der Waals surface area (Å²) in [6.07, 6.45) is 0. The molecule has 0 saturated heterocycles. The Balaban J connectivity index is 2.11. The highest BCUT2D eigenvalue weighted by Crippen LogP contribution is 2.19. The molecule has 0 spiro atoms. The second-order valence-corrected chi connectivity index (χ2v) is 5.37. The highest BCUT2D eigenvalue weighted by Gasteiger charge is 2.11. The Labute approximate surface area is 130 Å². The SMILES string of the molecule is Cc1c(Br)cccc1C(=O)NCc1ccc(C#N)cc1F. The first-order chi connectivity index (χ1) is 10.0. The average molecular weight is 347 g/mol. The van der Waals surface area contributed by atoms with Crippen LogP contribution < -0.4 is 5.32 Å². The molecule has 0 aromatic heterocycles. The third kappa shape index (κ3) is 3.47. The smallest absolute Gasteiger partial charge is 0.251 e. The van der Waals surface area contributed by atoms with Crippen molar-refractivity contribution in [3.05, 3.63) is 68.9 Å². The Morgan fingerprint density at radius 3 is 2.81 bits per heavy atom. The number of benzene rings is 2. The van der Waals surface area contributed by atoms with Crippen LogP contribution in [0.2, 0.25) is 0 Å². The molecular weight excluding hydrogens is 335 g/mol. The monoisotopic (exact) mass is 346 g/mol. The van der Waals surface area contributed by atoms with Crippen LogP contribution in [-0.2, 0) is 6.54 Å². The van der Waals surface area contributed by atoms with E-state index in [2.05, 4.69) is 21.2 Å². The summed E-state index contributed by atoms with van der Waals surface area (Å²) in [5, 5.41) is 11.4. The van der Waals surface area contributed by atoms with Crippen molar-refractivity contribution in [2.45, 2.75) is 13.5 Å². The highest BCUT2D eigenvalue weighted by molar-refractivity contribution is 9.10. The van der Waals surface area contributed by atoms with E-state index in [9.17, 15) is 9.18 Å². The molecule has 21 heavy (non-hydrogen) atoms. The lowest BCUT2D eigenvalue weighted by Crippen LogP contribution is -2.24. The van der Waals surface area contributed by atoms with E-state index in [1.807, 2.05) is 19.1 Å². The largest absolute Gasteiger partial charge is 0.348 e. The van der Waals surface area contributed by atoms with E-state index in [0.717, 1.165) is 16.1 Å². The fraction of sp³-hybridized carbons (Fsp3) is 0.125. The van der Waals surface area contributed by atoms with Crippen molar-refractivity contribution in [1.82, 2.24) is 5.32 Å². The molecule has 1 N–H and O–H groups in total. The van der Waals surface area contributed by atoms with Crippen LogP contribution in [0.15, 0.2) is 40.9 Å². The van der Waals surface area contributed by atoms with Gasteiger partial charge in [-0.3, -0.25) is 4.79 Å². The summed E-state index contributed by atoms with van der Waals surface area (Å²) in [5.41, 5.74) is 1.97. The zero-order valence-electron chi connectivity index (χ0n) is 11.3. The summed E-state index contributed by atoms with van der Waals surface area (Å²) in [5.74, 6) is -0.766. The summed E-state index contributed by atoms with van der Waals surface area (Å²) in [6.45, 7) is 1.91. The maximum absolute atomic E-state index is 13.7. The number of hydrogen-bond acceptors (Lipinski definition) is 2. The lowest BCUT2D eigenvalue weighted by atomic mass is 10.1. The van der Waals surface area contributed by atoms with E-state index >= 15 is 0 Å². The molecule has 0 atom stereocenters. The lowest BCUT2D eigenvalue weighted by molar-refractivity contribution is 0.0950. The lowest BCUT2D eigenvalue weighted by Gasteiger charge is -2.09. The summed E-state index contributed by atoms with van der Waals surface area (Å²) in [7, 11) is 0. The maximum Gasteiger partial charge on any atom is 0.251 e. The predicted molar refractivity (Wildman–Crippen MR) is 81.2 cm³/mol. The molecule has 5 heteroatoms. The van der Waals surface area contributed by atoms with E-state index in [-0.39, 0.29) is 18.0 Å². The summed E-state index contributed by atoms with van der Waals surface area (Å²) in [4.78, 5) is 12.1.